The second-order valence-corrected chi connectivity index (χ2v) is 2.41. The van der Waals surface area contributed by atoms with Crippen LogP contribution in [-0.4, -0.2) is 21.3 Å². The molecule has 0 unspecified atom stereocenters. The molecule has 1 aromatic rings. The Morgan fingerprint density at radius 2 is 2.00 bits per heavy atom. The fourth-order valence-corrected chi connectivity index (χ4v) is 0.836. The zero-order valence-corrected chi connectivity index (χ0v) is 6.64. The minimum atomic E-state index is -1.11. The summed E-state index contributed by atoms with van der Waals surface area (Å²) in [6, 6.07) is 3.87. The van der Waals surface area contributed by atoms with Crippen molar-refractivity contribution in [2.24, 2.45) is 0 Å². The second-order valence-electron chi connectivity index (χ2n) is 2.41. The Morgan fingerprint density at radius 1 is 1.31 bits per heavy atom. The average molecular weight is 180 g/mol. The summed E-state index contributed by atoms with van der Waals surface area (Å²) in [6.07, 6.45) is 2.09. The number of carbonyl (C=O) groups is 1. The number of benzene rings is 1. The van der Waals surface area contributed by atoms with Crippen molar-refractivity contribution in [3.63, 3.8) is 0 Å². The number of phenolic OH excluding ortho intramolecular Hbond substituents is 2. The maximum Gasteiger partial charge on any atom is 0.328 e. The summed E-state index contributed by atoms with van der Waals surface area (Å²) in [5.41, 5.74) is 0.266. The van der Waals surface area contributed by atoms with Gasteiger partial charge in [-0.05, 0) is 24.3 Å². The number of phenols is 2. The molecule has 13 heavy (non-hydrogen) atoms. The molecule has 3 N–H and O–H groups in total. The molecule has 0 aliphatic carbocycles. The first-order valence-corrected chi connectivity index (χ1v) is 3.52. The van der Waals surface area contributed by atoms with E-state index in [1.807, 2.05) is 0 Å². The van der Waals surface area contributed by atoms with E-state index in [9.17, 15) is 9.90 Å². The highest BCUT2D eigenvalue weighted by atomic mass is 16.4. The Labute approximate surface area is 74.4 Å². The number of carboxylic acid groups (broad SMARTS) is 1. The summed E-state index contributed by atoms with van der Waals surface area (Å²) < 4.78 is 0. The fourth-order valence-electron chi connectivity index (χ4n) is 0.836. The lowest BCUT2D eigenvalue weighted by atomic mass is 10.2. The monoisotopic (exact) mass is 180 g/mol. The van der Waals surface area contributed by atoms with Crippen molar-refractivity contribution in [2.45, 2.75) is 0 Å². The Morgan fingerprint density at radius 3 is 2.62 bits per heavy atom. The molecule has 4 nitrogen and oxygen atoms in total. The van der Waals surface area contributed by atoms with E-state index in [1.54, 1.807) is 0 Å². The maximum atomic E-state index is 10.1. The van der Waals surface area contributed by atoms with Crippen LogP contribution in [0.3, 0.4) is 0 Å². The van der Waals surface area contributed by atoms with E-state index in [4.69, 9.17) is 10.2 Å². The third-order valence-corrected chi connectivity index (χ3v) is 1.42. The van der Waals surface area contributed by atoms with Gasteiger partial charge in [0.05, 0.1) is 0 Å². The third kappa shape index (κ3) is 2.52. The van der Waals surface area contributed by atoms with Crippen molar-refractivity contribution >= 4 is 12.0 Å². The van der Waals surface area contributed by atoms with Crippen molar-refractivity contribution in [3.8, 4) is 11.5 Å². The van der Waals surface area contributed by atoms with Crippen molar-refractivity contribution in [2.75, 3.05) is 0 Å². The van der Waals surface area contributed by atoms with Gasteiger partial charge in [-0.2, -0.15) is 0 Å². The molecule has 1 aromatic carbocycles. The number of rotatable bonds is 2. The van der Waals surface area contributed by atoms with Gasteiger partial charge in [0, 0.05) is 11.6 Å². The first kappa shape index (κ1) is 9.12. The lowest BCUT2D eigenvalue weighted by Crippen LogP contribution is -1.85. The first-order chi connectivity index (χ1) is 6.09. The van der Waals surface area contributed by atoms with Gasteiger partial charge in [-0.1, -0.05) is 0 Å². The topological polar surface area (TPSA) is 77.8 Å². The highest BCUT2D eigenvalue weighted by Crippen LogP contribution is 2.22. The molecule has 68 valence electrons. The largest absolute Gasteiger partial charge is 0.508 e. The summed E-state index contributed by atoms with van der Waals surface area (Å²) in [6.45, 7) is 0. The Kier molecular flexibility index (Phi) is 2.54. The van der Waals surface area contributed by atoms with Crippen LogP contribution < -0.4 is 0 Å². The molecule has 0 fully saturated rings. The summed E-state index contributed by atoms with van der Waals surface area (Å²) in [5, 5.41) is 26.5. The highest BCUT2D eigenvalue weighted by Gasteiger charge is 1.98. The van der Waals surface area contributed by atoms with E-state index in [0.717, 1.165) is 6.08 Å². The molecule has 0 saturated heterocycles. The van der Waals surface area contributed by atoms with Crippen molar-refractivity contribution in [1.82, 2.24) is 0 Å². The molecule has 0 spiro atoms. The van der Waals surface area contributed by atoms with Gasteiger partial charge >= 0.3 is 5.97 Å². The number of carboxylic acids is 1. The van der Waals surface area contributed by atoms with Crippen LogP contribution in [0.5, 0.6) is 11.5 Å². The van der Waals surface area contributed by atoms with E-state index in [1.165, 1.54) is 24.3 Å². The van der Waals surface area contributed by atoms with Crippen molar-refractivity contribution in [1.29, 1.82) is 0 Å². The van der Waals surface area contributed by atoms with Crippen molar-refractivity contribution < 1.29 is 20.1 Å². The lowest BCUT2D eigenvalue weighted by Gasteiger charge is -1.98. The summed E-state index contributed by atoms with van der Waals surface area (Å²) >= 11 is 0. The van der Waals surface area contributed by atoms with Crippen molar-refractivity contribution in [3.05, 3.63) is 29.8 Å². The van der Waals surface area contributed by atoms with E-state index in [-0.39, 0.29) is 17.1 Å². The smallest absolute Gasteiger partial charge is 0.328 e. The number of aliphatic carboxylic acids is 1. The van der Waals surface area contributed by atoms with Gasteiger partial charge in [0.25, 0.3) is 0 Å². The van der Waals surface area contributed by atoms with Gasteiger partial charge in [-0.25, -0.2) is 4.79 Å². The van der Waals surface area contributed by atoms with Crippen LogP contribution in [0.1, 0.15) is 5.56 Å². The van der Waals surface area contributed by atoms with Crippen LogP contribution in [-0.2, 0) is 4.79 Å². The number of hydrogen-bond donors (Lipinski definition) is 3. The Bertz CT molecular complexity index is 355. The second kappa shape index (κ2) is 3.62. The summed E-state index contributed by atoms with van der Waals surface area (Å²) in [4.78, 5) is 10.1. The number of hydrogen-bond acceptors (Lipinski definition) is 3. The van der Waals surface area contributed by atoms with E-state index in [2.05, 4.69) is 0 Å². The predicted octanol–water partition coefficient (Wildman–Crippen LogP) is 1.20. The quantitative estimate of drug-likeness (QED) is 0.472. The molecular formula is C9H8O4. The average Bonchev–Trinajstić information content (AvgIpc) is 2.06. The molecule has 0 atom stereocenters. The number of aromatic hydroxyl groups is 2. The lowest BCUT2D eigenvalue weighted by molar-refractivity contribution is -0.131. The van der Waals surface area contributed by atoms with Crippen LogP contribution in [0.25, 0.3) is 6.08 Å². The molecule has 0 aromatic heterocycles. The minimum absolute atomic E-state index is 0.0251. The SMILES string of the molecule is O=C(O)/C=C\c1cc(O)ccc1O. The van der Waals surface area contributed by atoms with Crippen LogP contribution in [0.2, 0.25) is 0 Å². The van der Waals surface area contributed by atoms with E-state index >= 15 is 0 Å². The predicted molar refractivity (Wildman–Crippen MR) is 46.4 cm³/mol. The van der Waals surface area contributed by atoms with Crippen LogP contribution in [0.15, 0.2) is 24.3 Å². The zero-order valence-electron chi connectivity index (χ0n) is 6.64. The normalized spacial score (nSPS) is 10.5. The van der Waals surface area contributed by atoms with Gasteiger partial charge in [0.1, 0.15) is 11.5 Å². The van der Waals surface area contributed by atoms with Gasteiger partial charge in [0.15, 0.2) is 0 Å². The zero-order chi connectivity index (χ0) is 9.84. The van der Waals surface area contributed by atoms with Crippen LogP contribution >= 0.6 is 0 Å². The van der Waals surface area contributed by atoms with Crippen LogP contribution in [0, 0.1) is 0 Å². The van der Waals surface area contributed by atoms with Crippen LogP contribution in [0.4, 0.5) is 0 Å². The van der Waals surface area contributed by atoms with Gasteiger partial charge in [-0.3, -0.25) is 0 Å². The Balaban J connectivity index is 3.00. The van der Waals surface area contributed by atoms with E-state index in [0.29, 0.717) is 0 Å². The minimum Gasteiger partial charge on any atom is -0.508 e. The standard InChI is InChI=1S/C9H8O4/c10-7-2-3-8(11)6(5-7)1-4-9(12)13/h1-5,10-11H,(H,12,13)/b4-1-. The molecule has 0 radical (unpaired) electrons. The molecule has 0 aliphatic heterocycles. The van der Waals surface area contributed by atoms with E-state index < -0.39 is 5.97 Å². The molecule has 4 heteroatoms. The Hall–Kier alpha value is -1.97. The molecule has 1 rings (SSSR count). The molecule has 0 saturated carbocycles. The highest BCUT2D eigenvalue weighted by molar-refractivity contribution is 5.85. The molecule has 0 heterocycles. The van der Waals surface area contributed by atoms with Gasteiger partial charge in [-0.15, -0.1) is 0 Å². The maximum absolute atomic E-state index is 10.1. The molecular weight excluding hydrogens is 172 g/mol. The summed E-state index contributed by atoms with van der Waals surface area (Å²) in [5.74, 6) is -1.21. The molecule has 0 bridgehead atoms. The molecule has 0 aliphatic rings. The summed E-state index contributed by atoms with van der Waals surface area (Å²) in [7, 11) is 0. The van der Waals surface area contributed by atoms with Gasteiger partial charge < -0.3 is 15.3 Å². The van der Waals surface area contributed by atoms with Gasteiger partial charge in [0.2, 0.25) is 0 Å². The third-order valence-electron chi connectivity index (χ3n) is 1.42. The fraction of sp³-hybridized carbons (Fsp3) is 0. The first-order valence-electron chi connectivity index (χ1n) is 3.52. The molecule has 0 amide bonds.